The Labute approximate surface area is 127 Å². The molecule has 0 unspecified atom stereocenters. The molecular weight excluding hydrogens is 264 g/mol. The van der Waals surface area contributed by atoms with Crippen LogP contribution in [-0.2, 0) is 0 Å². The fourth-order valence-electron chi connectivity index (χ4n) is 2.77. The van der Waals surface area contributed by atoms with Crippen LogP contribution in [0.1, 0.15) is 42.6 Å². The normalized spacial score (nSPS) is 16.3. The van der Waals surface area contributed by atoms with Gasteiger partial charge in [-0.25, -0.2) is 0 Å². The molecule has 0 aromatic heterocycles. The van der Waals surface area contributed by atoms with Gasteiger partial charge in [0, 0.05) is 31.7 Å². The van der Waals surface area contributed by atoms with Gasteiger partial charge in [0.1, 0.15) is 5.75 Å². The van der Waals surface area contributed by atoms with E-state index < -0.39 is 0 Å². The maximum atomic E-state index is 12.6. The molecule has 0 N–H and O–H groups in total. The zero-order chi connectivity index (χ0) is 15.4. The second-order valence-corrected chi connectivity index (χ2v) is 5.84. The molecule has 0 aliphatic carbocycles. The van der Waals surface area contributed by atoms with Crippen LogP contribution in [0.3, 0.4) is 0 Å². The van der Waals surface area contributed by atoms with E-state index in [0.29, 0.717) is 5.92 Å². The van der Waals surface area contributed by atoms with Gasteiger partial charge in [-0.2, -0.15) is 0 Å². The number of ether oxygens (including phenoxy) is 1. The monoisotopic (exact) mass is 290 g/mol. The summed E-state index contributed by atoms with van der Waals surface area (Å²) in [5, 5.41) is 0. The Balaban J connectivity index is 2.14. The van der Waals surface area contributed by atoms with Crippen LogP contribution in [0.25, 0.3) is 0 Å². The first-order chi connectivity index (χ1) is 10.1. The van der Waals surface area contributed by atoms with Crippen molar-refractivity contribution in [3.8, 4) is 5.75 Å². The van der Waals surface area contributed by atoms with Gasteiger partial charge in [0.15, 0.2) is 0 Å². The van der Waals surface area contributed by atoms with Gasteiger partial charge < -0.3 is 14.5 Å². The third-order valence-electron chi connectivity index (χ3n) is 4.21. The number of hydrogen-bond donors (Lipinski definition) is 0. The lowest BCUT2D eigenvalue weighted by atomic mass is 9.99. The van der Waals surface area contributed by atoms with Crippen LogP contribution < -0.4 is 4.74 Å². The minimum absolute atomic E-state index is 0.135. The van der Waals surface area contributed by atoms with Crippen molar-refractivity contribution < 1.29 is 9.53 Å². The molecule has 1 aromatic carbocycles. The number of carbonyl (C=O) groups excluding carboxylic acids is 1. The molecule has 1 heterocycles. The highest BCUT2D eigenvalue weighted by molar-refractivity contribution is 5.94. The molecule has 1 aliphatic heterocycles. The summed E-state index contributed by atoms with van der Waals surface area (Å²) in [6, 6.07) is 5.77. The number of rotatable bonds is 4. The van der Waals surface area contributed by atoms with Crippen molar-refractivity contribution in [3.63, 3.8) is 0 Å². The fourth-order valence-corrected chi connectivity index (χ4v) is 2.77. The standard InChI is InChI=1S/C17H26N2O2/c1-5-18-8-10-19(11-9-18)17(20)14-6-7-16(21-4)15(12-14)13(2)3/h6-7,12-13H,5,8-11H2,1-4H3. The van der Waals surface area contributed by atoms with Gasteiger partial charge in [0.05, 0.1) is 7.11 Å². The molecule has 0 radical (unpaired) electrons. The van der Waals surface area contributed by atoms with Gasteiger partial charge in [-0.1, -0.05) is 20.8 Å². The second-order valence-electron chi connectivity index (χ2n) is 5.84. The minimum Gasteiger partial charge on any atom is -0.496 e. The second kappa shape index (κ2) is 6.94. The molecule has 0 spiro atoms. The average Bonchev–Trinajstić information content (AvgIpc) is 2.53. The maximum absolute atomic E-state index is 12.6. The molecule has 0 atom stereocenters. The first-order valence-corrected chi connectivity index (χ1v) is 7.76. The highest BCUT2D eigenvalue weighted by Gasteiger charge is 2.22. The predicted molar refractivity (Wildman–Crippen MR) is 85.1 cm³/mol. The van der Waals surface area contributed by atoms with Crippen LogP contribution in [0.2, 0.25) is 0 Å². The van der Waals surface area contributed by atoms with E-state index in [4.69, 9.17) is 4.74 Å². The van der Waals surface area contributed by atoms with Crippen LogP contribution in [0.15, 0.2) is 18.2 Å². The fraction of sp³-hybridized carbons (Fsp3) is 0.588. The molecule has 4 heteroatoms. The Bertz CT molecular complexity index is 492. The smallest absolute Gasteiger partial charge is 0.253 e. The lowest BCUT2D eigenvalue weighted by molar-refractivity contribution is 0.0643. The average molecular weight is 290 g/mol. The molecule has 1 aliphatic rings. The Morgan fingerprint density at radius 1 is 1.24 bits per heavy atom. The van der Waals surface area contributed by atoms with Crippen molar-refractivity contribution in [1.29, 1.82) is 0 Å². The molecule has 0 bridgehead atoms. The highest BCUT2D eigenvalue weighted by Crippen LogP contribution is 2.27. The Hall–Kier alpha value is -1.55. The summed E-state index contributed by atoms with van der Waals surface area (Å²) < 4.78 is 5.38. The lowest BCUT2D eigenvalue weighted by Crippen LogP contribution is -2.48. The first-order valence-electron chi connectivity index (χ1n) is 7.76. The van der Waals surface area contributed by atoms with E-state index >= 15 is 0 Å². The van der Waals surface area contributed by atoms with E-state index in [9.17, 15) is 4.79 Å². The number of hydrogen-bond acceptors (Lipinski definition) is 3. The molecule has 1 amide bonds. The van der Waals surface area contributed by atoms with E-state index in [-0.39, 0.29) is 5.91 Å². The third-order valence-corrected chi connectivity index (χ3v) is 4.21. The number of likely N-dealkylation sites (N-methyl/N-ethyl adjacent to an activating group) is 1. The summed E-state index contributed by atoms with van der Waals surface area (Å²) in [6.07, 6.45) is 0. The summed E-state index contributed by atoms with van der Waals surface area (Å²) in [5.74, 6) is 1.33. The van der Waals surface area contributed by atoms with Gasteiger partial charge in [-0.3, -0.25) is 4.79 Å². The van der Waals surface area contributed by atoms with E-state index in [1.165, 1.54) is 0 Å². The number of benzene rings is 1. The van der Waals surface area contributed by atoms with Crippen molar-refractivity contribution in [2.45, 2.75) is 26.7 Å². The Morgan fingerprint density at radius 3 is 2.43 bits per heavy atom. The van der Waals surface area contributed by atoms with Crippen molar-refractivity contribution in [2.75, 3.05) is 39.8 Å². The molecule has 21 heavy (non-hydrogen) atoms. The van der Waals surface area contributed by atoms with Gasteiger partial charge >= 0.3 is 0 Å². The number of methoxy groups -OCH3 is 1. The maximum Gasteiger partial charge on any atom is 0.253 e. The van der Waals surface area contributed by atoms with Crippen LogP contribution in [0, 0.1) is 0 Å². The van der Waals surface area contributed by atoms with Gasteiger partial charge in [0.2, 0.25) is 0 Å². The number of nitrogens with zero attached hydrogens (tertiary/aromatic N) is 2. The van der Waals surface area contributed by atoms with Gasteiger partial charge in [0.25, 0.3) is 5.91 Å². The highest BCUT2D eigenvalue weighted by atomic mass is 16.5. The number of piperazine rings is 1. The summed E-state index contributed by atoms with van der Waals surface area (Å²) in [5.41, 5.74) is 1.86. The summed E-state index contributed by atoms with van der Waals surface area (Å²) in [7, 11) is 1.67. The van der Waals surface area contributed by atoms with Crippen LogP contribution in [0.5, 0.6) is 5.75 Å². The number of carbonyl (C=O) groups is 1. The minimum atomic E-state index is 0.135. The van der Waals surface area contributed by atoms with E-state index in [1.54, 1.807) is 7.11 Å². The van der Waals surface area contributed by atoms with Crippen molar-refractivity contribution in [1.82, 2.24) is 9.80 Å². The van der Waals surface area contributed by atoms with Crippen LogP contribution in [-0.4, -0.2) is 55.5 Å². The zero-order valence-electron chi connectivity index (χ0n) is 13.6. The molecule has 4 nitrogen and oxygen atoms in total. The molecule has 1 fully saturated rings. The zero-order valence-corrected chi connectivity index (χ0v) is 13.6. The predicted octanol–water partition coefficient (Wildman–Crippen LogP) is 2.60. The Morgan fingerprint density at radius 2 is 1.90 bits per heavy atom. The largest absolute Gasteiger partial charge is 0.496 e. The van der Waals surface area contributed by atoms with Crippen molar-refractivity contribution in [2.24, 2.45) is 0 Å². The number of amides is 1. The summed E-state index contributed by atoms with van der Waals surface area (Å²) in [6.45, 7) is 11.0. The molecule has 116 valence electrons. The van der Waals surface area contributed by atoms with Gasteiger partial charge in [-0.15, -0.1) is 0 Å². The quantitative estimate of drug-likeness (QED) is 0.854. The molecule has 1 saturated heterocycles. The SMILES string of the molecule is CCN1CCN(C(=O)c2ccc(OC)c(C(C)C)c2)CC1. The van der Waals surface area contributed by atoms with E-state index in [0.717, 1.165) is 49.6 Å². The summed E-state index contributed by atoms with van der Waals surface area (Å²) >= 11 is 0. The van der Waals surface area contributed by atoms with Crippen LogP contribution >= 0.6 is 0 Å². The first kappa shape index (κ1) is 15.8. The molecule has 0 saturated carbocycles. The Kier molecular flexibility index (Phi) is 5.23. The molecule has 2 rings (SSSR count). The lowest BCUT2D eigenvalue weighted by Gasteiger charge is -2.34. The summed E-state index contributed by atoms with van der Waals surface area (Å²) in [4.78, 5) is 17.0. The van der Waals surface area contributed by atoms with Crippen LogP contribution in [0.4, 0.5) is 0 Å². The molecule has 1 aromatic rings. The molecular formula is C17H26N2O2. The van der Waals surface area contributed by atoms with E-state index in [2.05, 4.69) is 25.7 Å². The van der Waals surface area contributed by atoms with Crippen molar-refractivity contribution in [3.05, 3.63) is 29.3 Å². The van der Waals surface area contributed by atoms with Crippen molar-refractivity contribution >= 4 is 5.91 Å². The van der Waals surface area contributed by atoms with E-state index in [1.807, 2.05) is 23.1 Å². The topological polar surface area (TPSA) is 32.8 Å². The third kappa shape index (κ3) is 3.56. The van der Waals surface area contributed by atoms with Gasteiger partial charge in [-0.05, 0) is 36.2 Å².